The van der Waals surface area contributed by atoms with Gasteiger partial charge in [-0.05, 0) is 17.7 Å². The average molecular weight is 275 g/mol. The van der Waals surface area contributed by atoms with Gasteiger partial charge in [0.25, 0.3) is 0 Å². The highest BCUT2D eigenvalue weighted by Crippen LogP contribution is 2.29. The van der Waals surface area contributed by atoms with Crippen molar-refractivity contribution in [3.63, 3.8) is 0 Å². The molecule has 0 aliphatic rings. The third kappa shape index (κ3) is 3.15. The molecule has 2 aromatic rings. The van der Waals surface area contributed by atoms with Crippen molar-refractivity contribution in [2.24, 2.45) is 5.73 Å². The molecular formula is C16H18FNO2. The van der Waals surface area contributed by atoms with Gasteiger partial charge in [-0.15, -0.1) is 0 Å². The van der Waals surface area contributed by atoms with E-state index in [-0.39, 0.29) is 5.56 Å². The summed E-state index contributed by atoms with van der Waals surface area (Å²) >= 11 is 0. The minimum atomic E-state index is -0.886. The van der Waals surface area contributed by atoms with E-state index >= 15 is 0 Å². The van der Waals surface area contributed by atoms with Gasteiger partial charge >= 0.3 is 0 Å². The highest BCUT2D eigenvalue weighted by atomic mass is 19.1. The highest BCUT2D eigenvalue weighted by Gasteiger charge is 2.23. The quantitative estimate of drug-likeness (QED) is 0.881. The third-order valence-electron chi connectivity index (χ3n) is 3.27. The lowest BCUT2D eigenvalue weighted by Gasteiger charge is -2.21. The van der Waals surface area contributed by atoms with Crippen molar-refractivity contribution in [1.82, 2.24) is 0 Å². The van der Waals surface area contributed by atoms with Crippen LogP contribution in [-0.4, -0.2) is 18.3 Å². The monoisotopic (exact) mass is 275 g/mol. The Balaban J connectivity index is 2.20. The lowest BCUT2D eigenvalue weighted by Crippen LogP contribution is -2.29. The summed E-state index contributed by atoms with van der Waals surface area (Å²) < 4.78 is 19.0. The van der Waals surface area contributed by atoms with E-state index in [0.717, 1.165) is 5.56 Å². The fraction of sp³-hybridized carbons (Fsp3) is 0.250. The lowest BCUT2D eigenvalue weighted by atomic mass is 9.96. The molecule has 2 aromatic carbocycles. The molecule has 0 saturated carbocycles. The number of ether oxygens (including phenoxy) is 1. The fourth-order valence-corrected chi connectivity index (χ4v) is 2.19. The van der Waals surface area contributed by atoms with E-state index < -0.39 is 18.0 Å². The van der Waals surface area contributed by atoms with Crippen LogP contribution in [0.15, 0.2) is 48.5 Å². The molecule has 0 spiro atoms. The lowest BCUT2D eigenvalue weighted by molar-refractivity contribution is 0.142. The second-order valence-electron chi connectivity index (χ2n) is 4.64. The molecule has 2 rings (SSSR count). The Morgan fingerprint density at radius 2 is 1.85 bits per heavy atom. The molecule has 0 unspecified atom stereocenters. The summed E-state index contributed by atoms with van der Waals surface area (Å²) in [7, 11) is 1.45. The van der Waals surface area contributed by atoms with Crippen LogP contribution in [0.5, 0.6) is 5.75 Å². The molecule has 0 aromatic heterocycles. The molecule has 0 aliphatic heterocycles. The summed E-state index contributed by atoms with van der Waals surface area (Å²) in [5, 5.41) is 10.2. The molecule has 0 bridgehead atoms. The molecule has 106 valence electrons. The number of methoxy groups -OCH3 is 1. The van der Waals surface area contributed by atoms with Gasteiger partial charge in [0.05, 0.1) is 19.3 Å². The largest absolute Gasteiger partial charge is 0.496 e. The zero-order valence-corrected chi connectivity index (χ0v) is 11.3. The van der Waals surface area contributed by atoms with E-state index in [4.69, 9.17) is 10.5 Å². The fourth-order valence-electron chi connectivity index (χ4n) is 2.19. The second kappa shape index (κ2) is 6.50. The number of nitrogens with two attached hydrogens (primary N) is 1. The first-order valence-electron chi connectivity index (χ1n) is 6.43. The van der Waals surface area contributed by atoms with Gasteiger partial charge in [-0.3, -0.25) is 0 Å². The van der Waals surface area contributed by atoms with Crippen LogP contribution in [-0.2, 0) is 6.42 Å². The van der Waals surface area contributed by atoms with Crippen molar-refractivity contribution in [2.75, 3.05) is 7.11 Å². The molecule has 2 atom stereocenters. The van der Waals surface area contributed by atoms with Crippen LogP contribution >= 0.6 is 0 Å². The van der Waals surface area contributed by atoms with Crippen LogP contribution in [0, 0.1) is 5.82 Å². The van der Waals surface area contributed by atoms with Crippen molar-refractivity contribution in [3.05, 3.63) is 65.5 Å². The van der Waals surface area contributed by atoms with Crippen molar-refractivity contribution in [3.8, 4) is 5.75 Å². The van der Waals surface area contributed by atoms with Crippen LogP contribution in [0.2, 0.25) is 0 Å². The molecule has 0 radical (unpaired) electrons. The molecule has 0 fully saturated rings. The number of hydrogen-bond donors (Lipinski definition) is 2. The van der Waals surface area contributed by atoms with E-state index in [1.54, 1.807) is 12.1 Å². The Morgan fingerprint density at radius 3 is 2.50 bits per heavy atom. The van der Waals surface area contributed by atoms with Crippen LogP contribution in [0.4, 0.5) is 4.39 Å². The van der Waals surface area contributed by atoms with Crippen LogP contribution < -0.4 is 10.5 Å². The van der Waals surface area contributed by atoms with Gasteiger partial charge in [0.15, 0.2) is 0 Å². The summed E-state index contributed by atoms with van der Waals surface area (Å²) in [6.45, 7) is 0. The van der Waals surface area contributed by atoms with Gasteiger partial charge < -0.3 is 15.6 Å². The van der Waals surface area contributed by atoms with Crippen LogP contribution in [0.25, 0.3) is 0 Å². The first kappa shape index (κ1) is 14.5. The summed E-state index contributed by atoms with van der Waals surface area (Å²) in [5.74, 6) is -0.117. The summed E-state index contributed by atoms with van der Waals surface area (Å²) in [5.41, 5.74) is 7.15. The molecule has 0 saturated heterocycles. The number of halogens is 1. The molecule has 3 N–H and O–H groups in total. The van der Waals surface area contributed by atoms with E-state index in [2.05, 4.69) is 0 Å². The average Bonchev–Trinajstić information content (AvgIpc) is 2.47. The second-order valence-corrected chi connectivity index (χ2v) is 4.64. The third-order valence-corrected chi connectivity index (χ3v) is 3.27. The predicted molar refractivity (Wildman–Crippen MR) is 76.0 cm³/mol. The number of rotatable bonds is 5. The SMILES string of the molecule is COc1cccc(F)c1[C@@H](N)[C@@H](O)Cc1ccccc1. The van der Waals surface area contributed by atoms with E-state index in [1.165, 1.54) is 13.2 Å². The number of hydrogen-bond acceptors (Lipinski definition) is 3. The van der Waals surface area contributed by atoms with Crippen molar-refractivity contribution >= 4 is 0 Å². The van der Waals surface area contributed by atoms with Gasteiger partial charge in [-0.25, -0.2) is 4.39 Å². The van der Waals surface area contributed by atoms with Crippen LogP contribution in [0.1, 0.15) is 17.2 Å². The molecule has 20 heavy (non-hydrogen) atoms. The molecule has 0 amide bonds. The summed E-state index contributed by atoms with van der Waals surface area (Å²) in [4.78, 5) is 0. The maximum Gasteiger partial charge on any atom is 0.131 e. The first-order valence-corrected chi connectivity index (χ1v) is 6.43. The normalized spacial score (nSPS) is 13.8. The molecule has 0 heterocycles. The molecule has 4 heteroatoms. The number of aliphatic hydroxyl groups is 1. The molecule has 0 aliphatic carbocycles. The van der Waals surface area contributed by atoms with E-state index in [9.17, 15) is 9.50 Å². The number of benzene rings is 2. The van der Waals surface area contributed by atoms with Crippen molar-refractivity contribution in [1.29, 1.82) is 0 Å². The van der Waals surface area contributed by atoms with Gasteiger partial charge in [-0.2, -0.15) is 0 Å². The van der Waals surface area contributed by atoms with Gasteiger partial charge in [0.1, 0.15) is 11.6 Å². The Labute approximate surface area is 117 Å². The van der Waals surface area contributed by atoms with Crippen molar-refractivity contribution in [2.45, 2.75) is 18.6 Å². The standard InChI is InChI=1S/C16H18FNO2/c1-20-14-9-5-8-12(17)15(14)16(18)13(19)10-11-6-3-2-4-7-11/h2-9,13,16,19H,10,18H2,1H3/t13-,16-/m0/s1. The zero-order valence-electron chi connectivity index (χ0n) is 11.3. The zero-order chi connectivity index (χ0) is 14.5. The minimum Gasteiger partial charge on any atom is -0.496 e. The van der Waals surface area contributed by atoms with Crippen molar-refractivity contribution < 1.29 is 14.2 Å². The van der Waals surface area contributed by atoms with Gasteiger partial charge in [-0.1, -0.05) is 36.4 Å². The Kier molecular flexibility index (Phi) is 4.71. The molecular weight excluding hydrogens is 257 g/mol. The smallest absolute Gasteiger partial charge is 0.131 e. The maximum absolute atomic E-state index is 13.9. The Bertz CT molecular complexity index is 560. The Morgan fingerprint density at radius 1 is 1.15 bits per heavy atom. The van der Waals surface area contributed by atoms with Crippen LogP contribution in [0.3, 0.4) is 0 Å². The maximum atomic E-state index is 13.9. The molecule has 3 nitrogen and oxygen atoms in total. The number of aliphatic hydroxyl groups excluding tert-OH is 1. The topological polar surface area (TPSA) is 55.5 Å². The van der Waals surface area contributed by atoms with Gasteiger partial charge in [0.2, 0.25) is 0 Å². The van der Waals surface area contributed by atoms with E-state index in [0.29, 0.717) is 12.2 Å². The predicted octanol–water partition coefficient (Wildman–Crippen LogP) is 2.44. The summed E-state index contributed by atoms with van der Waals surface area (Å²) in [6, 6.07) is 13.1. The van der Waals surface area contributed by atoms with E-state index in [1.807, 2.05) is 30.3 Å². The minimum absolute atomic E-state index is 0.207. The highest BCUT2D eigenvalue weighted by molar-refractivity contribution is 5.38. The Hall–Kier alpha value is -1.91. The van der Waals surface area contributed by atoms with Gasteiger partial charge in [0, 0.05) is 12.0 Å². The summed E-state index contributed by atoms with van der Waals surface area (Å²) in [6.07, 6.45) is -0.525. The first-order chi connectivity index (χ1) is 9.63.